The van der Waals surface area contributed by atoms with Gasteiger partial charge >= 0.3 is 0 Å². The molecule has 0 atom stereocenters. The van der Waals surface area contributed by atoms with Crippen molar-refractivity contribution in [2.24, 2.45) is 0 Å². The number of nitro benzene ring substituents is 1. The molecule has 0 fully saturated rings. The van der Waals surface area contributed by atoms with Crippen molar-refractivity contribution in [2.75, 3.05) is 4.90 Å². The molecule has 0 amide bonds. The summed E-state index contributed by atoms with van der Waals surface area (Å²) in [5.74, 6) is 0.0614. The van der Waals surface area contributed by atoms with E-state index in [1.807, 2.05) is 29.3 Å². The average Bonchev–Trinajstić information content (AvgIpc) is 2.52. The van der Waals surface area contributed by atoms with Crippen LogP contribution in [0.5, 0.6) is 5.75 Å². The van der Waals surface area contributed by atoms with Crippen molar-refractivity contribution < 1.29 is 10.0 Å². The summed E-state index contributed by atoms with van der Waals surface area (Å²) in [6.07, 6.45) is 4.07. The highest BCUT2D eigenvalue weighted by Gasteiger charge is 2.27. The second-order valence-electron chi connectivity index (χ2n) is 6.25. The first-order chi connectivity index (χ1) is 10.9. The Labute approximate surface area is 134 Å². The van der Waals surface area contributed by atoms with Crippen LogP contribution in [-0.2, 0) is 12.0 Å². The van der Waals surface area contributed by atoms with Crippen LogP contribution in [0.2, 0.25) is 0 Å². The molecule has 5 nitrogen and oxygen atoms in total. The summed E-state index contributed by atoms with van der Waals surface area (Å²) in [5, 5.41) is 21.0. The number of phenols is 1. The Bertz CT molecular complexity index is 797. The molecule has 0 spiro atoms. The van der Waals surface area contributed by atoms with Gasteiger partial charge in [-0.05, 0) is 17.7 Å². The molecule has 0 bridgehead atoms. The fourth-order valence-electron chi connectivity index (χ4n) is 2.85. The number of non-ortho nitro benzene ring substituents is 1. The molecule has 0 aliphatic carbocycles. The number of rotatable bonds is 3. The van der Waals surface area contributed by atoms with Crippen LogP contribution >= 0.6 is 0 Å². The maximum absolute atomic E-state index is 10.9. The maximum atomic E-state index is 10.9. The third-order valence-electron chi connectivity index (χ3n) is 4.19. The zero-order valence-corrected chi connectivity index (χ0v) is 13.1. The van der Waals surface area contributed by atoms with Gasteiger partial charge in [0.05, 0.1) is 11.5 Å². The Hall–Kier alpha value is -2.82. The first-order valence-corrected chi connectivity index (χ1v) is 7.40. The molecule has 118 valence electrons. The summed E-state index contributed by atoms with van der Waals surface area (Å²) in [6.45, 7) is 4.66. The molecule has 5 heteroatoms. The predicted octanol–water partition coefficient (Wildman–Crippen LogP) is 4.11. The second-order valence-corrected chi connectivity index (χ2v) is 6.25. The quantitative estimate of drug-likeness (QED) is 0.684. The number of para-hydroxylation sites is 1. The standard InChI is InChI=1S/C18H18N2O3/c1-18(2)9-10-19(16-6-4-3-5-15(16)18)12-13-11-14(20(22)23)7-8-17(13)21/h3-11,21H,12H2,1-2H3. The minimum absolute atomic E-state index is 0.0209. The molecule has 1 N–H and O–H groups in total. The van der Waals surface area contributed by atoms with Crippen molar-refractivity contribution in [3.63, 3.8) is 0 Å². The molecule has 0 saturated carbocycles. The van der Waals surface area contributed by atoms with Gasteiger partial charge in [-0.15, -0.1) is 0 Å². The van der Waals surface area contributed by atoms with E-state index in [1.54, 1.807) is 0 Å². The van der Waals surface area contributed by atoms with E-state index in [4.69, 9.17) is 0 Å². The number of nitrogens with zero attached hydrogens (tertiary/aromatic N) is 2. The molecular weight excluding hydrogens is 292 g/mol. The first kappa shape index (κ1) is 15.1. The van der Waals surface area contributed by atoms with Crippen molar-refractivity contribution in [1.29, 1.82) is 0 Å². The van der Waals surface area contributed by atoms with Crippen LogP contribution in [0.1, 0.15) is 25.0 Å². The fraction of sp³-hybridized carbons (Fsp3) is 0.222. The molecular formula is C18H18N2O3. The average molecular weight is 310 g/mol. The van der Waals surface area contributed by atoms with E-state index >= 15 is 0 Å². The summed E-state index contributed by atoms with van der Waals surface area (Å²) in [5.41, 5.74) is 2.67. The highest BCUT2D eigenvalue weighted by atomic mass is 16.6. The Kier molecular flexibility index (Phi) is 3.56. The van der Waals surface area contributed by atoms with Gasteiger partial charge in [-0.1, -0.05) is 38.1 Å². The van der Waals surface area contributed by atoms with E-state index in [2.05, 4.69) is 26.0 Å². The Morgan fingerprint density at radius 3 is 2.70 bits per heavy atom. The molecule has 1 aliphatic heterocycles. The van der Waals surface area contributed by atoms with Gasteiger partial charge in [0.1, 0.15) is 5.75 Å². The lowest BCUT2D eigenvalue weighted by molar-refractivity contribution is -0.384. The number of hydrogen-bond acceptors (Lipinski definition) is 4. The van der Waals surface area contributed by atoms with Crippen LogP contribution in [-0.4, -0.2) is 10.0 Å². The number of anilines is 1. The van der Waals surface area contributed by atoms with Gasteiger partial charge in [0.15, 0.2) is 0 Å². The second kappa shape index (κ2) is 5.43. The van der Waals surface area contributed by atoms with Crippen molar-refractivity contribution in [2.45, 2.75) is 25.8 Å². The summed E-state index contributed by atoms with van der Waals surface area (Å²) < 4.78 is 0. The van der Waals surface area contributed by atoms with Crippen molar-refractivity contribution in [3.05, 3.63) is 76.0 Å². The minimum Gasteiger partial charge on any atom is -0.508 e. The number of hydrogen-bond donors (Lipinski definition) is 1. The Balaban J connectivity index is 1.99. The van der Waals surface area contributed by atoms with E-state index in [0.717, 1.165) is 5.69 Å². The highest BCUT2D eigenvalue weighted by molar-refractivity contribution is 5.63. The molecule has 23 heavy (non-hydrogen) atoms. The SMILES string of the molecule is CC1(C)C=CN(Cc2cc([N+](=O)[O-])ccc2O)c2ccccc21. The zero-order chi connectivity index (χ0) is 16.6. The van der Waals surface area contributed by atoms with Crippen molar-refractivity contribution in [3.8, 4) is 5.75 Å². The van der Waals surface area contributed by atoms with Crippen molar-refractivity contribution in [1.82, 2.24) is 0 Å². The van der Waals surface area contributed by atoms with Gasteiger partial charge in [-0.2, -0.15) is 0 Å². The first-order valence-electron chi connectivity index (χ1n) is 7.40. The molecule has 0 aromatic heterocycles. The van der Waals surface area contributed by atoms with E-state index in [0.29, 0.717) is 12.1 Å². The number of fused-ring (bicyclic) bond motifs is 1. The molecule has 3 rings (SSSR count). The summed E-state index contributed by atoms with van der Waals surface area (Å²) in [7, 11) is 0. The van der Waals surface area contributed by atoms with Gasteiger partial charge in [-0.3, -0.25) is 10.1 Å². The van der Waals surface area contributed by atoms with E-state index in [1.165, 1.54) is 23.8 Å². The third-order valence-corrected chi connectivity index (χ3v) is 4.19. The van der Waals surface area contributed by atoms with Gasteiger partial charge in [0.25, 0.3) is 5.69 Å². The smallest absolute Gasteiger partial charge is 0.270 e. The number of allylic oxidation sites excluding steroid dienone is 1. The van der Waals surface area contributed by atoms with Crippen LogP contribution in [0.15, 0.2) is 54.7 Å². The van der Waals surface area contributed by atoms with Crippen LogP contribution in [0.3, 0.4) is 0 Å². The molecule has 1 heterocycles. The van der Waals surface area contributed by atoms with E-state index in [-0.39, 0.29) is 16.9 Å². The lowest BCUT2D eigenvalue weighted by atomic mass is 9.81. The predicted molar refractivity (Wildman–Crippen MR) is 89.6 cm³/mol. The number of nitro groups is 1. The monoisotopic (exact) mass is 310 g/mol. The van der Waals surface area contributed by atoms with Gasteiger partial charge in [0.2, 0.25) is 0 Å². The van der Waals surface area contributed by atoms with Crippen LogP contribution in [0, 0.1) is 10.1 Å². The van der Waals surface area contributed by atoms with Crippen LogP contribution in [0.25, 0.3) is 0 Å². The molecule has 1 aliphatic rings. The summed E-state index contributed by atoms with van der Waals surface area (Å²) in [6, 6.07) is 12.2. The van der Waals surface area contributed by atoms with Gasteiger partial charge in [0, 0.05) is 35.0 Å². The third kappa shape index (κ3) is 2.77. The molecule has 2 aromatic rings. The molecule has 0 saturated heterocycles. The lowest BCUT2D eigenvalue weighted by Gasteiger charge is -2.35. The zero-order valence-electron chi connectivity index (χ0n) is 13.1. The van der Waals surface area contributed by atoms with Gasteiger partial charge in [-0.25, -0.2) is 0 Å². The summed E-state index contributed by atoms with van der Waals surface area (Å²) in [4.78, 5) is 12.5. The van der Waals surface area contributed by atoms with Gasteiger partial charge < -0.3 is 10.0 Å². The molecule has 2 aromatic carbocycles. The normalized spacial score (nSPS) is 15.3. The Morgan fingerprint density at radius 1 is 1.22 bits per heavy atom. The lowest BCUT2D eigenvalue weighted by Crippen LogP contribution is -2.27. The number of aromatic hydroxyl groups is 1. The minimum atomic E-state index is -0.452. The van der Waals surface area contributed by atoms with Crippen LogP contribution < -0.4 is 4.90 Å². The van der Waals surface area contributed by atoms with Crippen LogP contribution in [0.4, 0.5) is 11.4 Å². The molecule has 0 unspecified atom stereocenters. The van der Waals surface area contributed by atoms with E-state index < -0.39 is 4.92 Å². The van der Waals surface area contributed by atoms with Crippen molar-refractivity contribution >= 4 is 11.4 Å². The number of benzene rings is 2. The largest absolute Gasteiger partial charge is 0.508 e. The topological polar surface area (TPSA) is 66.6 Å². The summed E-state index contributed by atoms with van der Waals surface area (Å²) >= 11 is 0. The van der Waals surface area contributed by atoms with E-state index in [9.17, 15) is 15.2 Å². The highest BCUT2D eigenvalue weighted by Crippen LogP contribution is 2.38. The molecule has 0 radical (unpaired) electrons. The number of phenolic OH excluding ortho intramolecular Hbond substituents is 1. The Morgan fingerprint density at radius 2 is 1.96 bits per heavy atom. The maximum Gasteiger partial charge on any atom is 0.270 e. The fourth-order valence-corrected chi connectivity index (χ4v) is 2.85.